The molecule has 0 amide bonds. The van der Waals surface area contributed by atoms with Gasteiger partial charge < -0.3 is 14.2 Å². The summed E-state index contributed by atoms with van der Waals surface area (Å²) in [6.45, 7) is 14.2. The highest BCUT2D eigenvalue weighted by Gasteiger charge is 2.17. The third kappa shape index (κ3) is 6.79. The van der Waals surface area contributed by atoms with Crippen molar-refractivity contribution in [2.45, 2.75) is 61.2 Å². The highest BCUT2D eigenvalue weighted by molar-refractivity contribution is 7.05. The summed E-state index contributed by atoms with van der Waals surface area (Å²) in [5.41, 5.74) is 4.34. The standard InChI is InChI=1S/C23H26N2O4S.C2H6/c1-6-27-23(26)17(5)29-20-10-9-19(12-16(20)4)28-13-21-24-22(25-30-21)18-8-7-14(2)15(3)11-18;1-2/h7-12,17H,6,13H2,1-5H3;1-2H3. The summed E-state index contributed by atoms with van der Waals surface area (Å²) in [7, 11) is 0. The van der Waals surface area contributed by atoms with Crippen LogP contribution in [0.1, 0.15) is 49.4 Å². The normalized spacial score (nSPS) is 11.2. The lowest BCUT2D eigenvalue weighted by atomic mass is 10.1. The van der Waals surface area contributed by atoms with Gasteiger partial charge >= 0.3 is 5.97 Å². The van der Waals surface area contributed by atoms with Crippen molar-refractivity contribution in [2.24, 2.45) is 0 Å². The minimum absolute atomic E-state index is 0.329. The first-order valence-electron chi connectivity index (χ1n) is 10.8. The van der Waals surface area contributed by atoms with Gasteiger partial charge in [-0.05, 0) is 87.1 Å². The first-order chi connectivity index (χ1) is 15.4. The van der Waals surface area contributed by atoms with Crippen molar-refractivity contribution in [3.8, 4) is 22.9 Å². The second-order valence-electron chi connectivity index (χ2n) is 7.04. The summed E-state index contributed by atoms with van der Waals surface area (Å²) in [5.74, 6) is 1.66. The van der Waals surface area contributed by atoms with Crippen LogP contribution in [0.5, 0.6) is 11.5 Å². The lowest BCUT2D eigenvalue weighted by Gasteiger charge is -2.15. The molecule has 1 atom stereocenters. The predicted molar refractivity (Wildman–Crippen MR) is 128 cm³/mol. The summed E-state index contributed by atoms with van der Waals surface area (Å²) < 4.78 is 21.0. The van der Waals surface area contributed by atoms with E-state index in [0.29, 0.717) is 24.7 Å². The first kappa shape index (κ1) is 25.3. The van der Waals surface area contributed by atoms with Crippen molar-refractivity contribution >= 4 is 17.5 Å². The molecular weight excluding hydrogens is 424 g/mol. The molecule has 32 heavy (non-hydrogen) atoms. The number of aromatic nitrogens is 2. The van der Waals surface area contributed by atoms with E-state index in [9.17, 15) is 4.79 Å². The molecule has 172 valence electrons. The summed E-state index contributed by atoms with van der Waals surface area (Å²) in [4.78, 5) is 16.3. The van der Waals surface area contributed by atoms with Crippen molar-refractivity contribution in [3.05, 3.63) is 58.1 Å². The maximum atomic E-state index is 11.7. The van der Waals surface area contributed by atoms with Gasteiger partial charge in [0.1, 0.15) is 18.1 Å². The van der Waals surface area contributed by atoms with Crippen LogP contribution in [0.4, 0.5) is 0 Å². The van der Waals surface area contributed by atoms with Crippen molar-refractivity contribution in [1.82, 2.24) is 9.36 Å². The number of benzene rings is 2. The summed E-state index contributed by atoms with van der Waals surface area (Å²) in [6.07, 6.45) is -0.666. The molecule has 1 heterocycles. The zero-order chi connectivity index (χ0) is 23.7. The van der Waals surface area contributed by atoms with Crippen molar-refractivity contribution in [3.63, 3.8) is 0 Å². The number of hydrogen-bond donors (Lipinski definition) is 0. The average molecular weight is 457 g/mol. The molecule has 0 aliphatic rings. The van der Waals surface area contributed by atoms with Crippen LogP contribution < -0.4 is 9.47 Å². The lowest BCUT2D eigenvalue weighted by Crippen LogP contribution is -2.26. The van der Waals surface area contributed by atoms with Gasteiger partial charge in [-0.15, -0.1) is 0 Å². The van der Waals surface area contributed by atoms with E-state index >= 15 is 0 Å². The number of rotatable bonds is 8. The van der Waals surface area contributed by atoms with Crippen LogP contribution in [0, 0.1) is 20.8 Å². The van der Waals surface area contributed by atoms with E-state index in [-0.39, 0.29) is 5.97 Å². The number of hydrogen-bond acceptors (Lipinski definition) is 7. The lowest BCUT2D eigenvalue weighted by molar-refractivity contribution is -0.150. The average Bonchev–Trinajstić information content (AvgIpc) is 3.26. The highest BCUT2D eigenvalue weighted by atomic mass is 32.1. The molecule has 7 heteroatoms. The number of carbonyl (C=O) groups excluding carboxylic acids is 1. The zero-order valence-corrected chi connectivity index (χ0v) is 20.7. The Bertz CT molecular complexity index is 1030. The summed E-state index contributed by atoms with van der Waals surface area (Å²) in [6, 6.07) is 11.7. The fourth-order valence-corrected chi connectivity index (χ4v) is 3.38. The minimum Gasteiger partial charge on any atom is -0.486 e. The molecule has 3 rings (SSSR count). The Balaban J connectivity index is 0.00000176. The molecule has 0 bridgehead atoms. The van der Waals surface area contributed by atoms with Crippen molar-refractivity contribution in [1.29, 1.82) is 0 Å². The molecule has 0 saturated carbocycles. The number of nitrogens with zero attached hydrogens (tertiary/aromatic N) is 2. The molecule has 0 saturated heterocycles. The van der Waals surface area contributed by atoms with Crippen LogP contribution in [0.15, 0.2) is 36.4 Å². The third-order valence-corrected chi connectivity index (χ3v) is 5.35. The summed E-state index contributed by atoms with van der Waals surface area (Å²) >= 11 is 1.34. The summed E-state index contributed by atoms with van der Waals surface area (Å²) in [5, 5.41) is 0.803. The SMILES string of the molecule is CC.CCOC(=O)C(C)Oc1ccc(OCc2nc(-c3ccc(C)c(C)c3)ns2)cc1C. The van der Waals surface area contributed by atoms with E-state index in [2.05, 4.69) is 35.3 Å². The van der Waals surface area contributed by atoms with Crippen LogP contribution in [0.3, 0.4) is 0 Å². The van der Waals surface area contributed by atoms with Crippen LogP contribution in [-0.4, -0.2) is 28.0 Å². The van der Waals surface area contributed by atoms with E-state index < -0.39 is 6.10 Å². The van der Waals surface area contributed by atoms with E-state index in [0.717, 1.165) is 22.0 Å². The van der Waals surface area contributed by atoms with Gasteiger partial charge in [-0.2, -0.15) is 4.37 Å². The Morgan fingerprint density at radius 1 is 1.03 bits per heavy atom. The second-order valence-corrected chi connectivity index (χ2v) is 7.88. The van der Waals surface area contributed by atoms with Crippen molar-refractivity contribution in [2.75, 3.05) is 6.61 Å². The highest BCUT2D eigenvalue weighted by Crippen LogP contribution is 2.26. The quantitative estimate of drug-likeness (QED) is 0.383. The molecular formula is C25H32N2O4S. The molecule has 0 fully saturated rings. The van der Waals surface area contributed by atoms with Crippen LogP contribution in [-0.2, 0) is 16.1 Å². The van der Waals surface area contributed by atoms with E-state index in [1.165, 1.54) is 22.7 Å². The van der Waals surface area contributed by atoms with Gasteiger partial charge in [0.05, 0.1) is 6.61 Å². The maximum absolute atomic E-state index is 11.7. The van der Waals surface area contributed by atoms with Crippen molar-refractivity contribution < 1.29 is 19.0 Å². The Labute approximate surface area is 194 Å². The molecule has 1 unspecified atom stereocenters. The maximum Gasteiger partial charge on any atom is 0.347 e. The van der Waals surface area contributed by atoms with Gasteiger partial charge in [0.15, 0.2) is 16.9 Å². The number of ether oxygens (including phenoxy) is 3. The van der Waals surface area contributed by atoms with E-state index in [1.54, 1.807) is 19.9 Å². The van der Waals surface area contributed by atoms with Crippen LogP contribution in [0.25, 0.3) is 11.4 Å². The fraction of sp³-hybridized carbons (Fsp3) is 0.400. The Kier molecular flexibility index (Phi) is 9.65. The number of esters is 1. The smallest absolute Gasteiger partial charge is 0.347 e. The van der Waals surface area contributed by atoms with Gasteiger partial charge in [-0.3, -0.25) is 0 Å². The van der Waals surface area contributed by atoms with E-state index in [1.807, 2.05) is 39.0 Å². The fourth-order valence-electron chi connectivity index (χ4n) is 2.80. The predicted octanol–water partition coefficient (Wildman–Crippen LogP) is 6.07. The Morgan fingerprint density at radius 2 is 1.78 bits per heavy atom. The molecule has 0 spiro atoms. The topological polar surface area (TPSA) is 70.5 Å². The molecule has 0 N–H and O–H groups in total. The largest absolute Gasteiger partial charge is 0.486 e. The van der Waals surface area contributed by atoms with E-state index in [4.69, 9.17) is 14.2 Å². The number of aryl methyl sites for hydroxylation is 3. The molecule has 3 aromatic rings. The van der Waals surface area contributed by atoms with Crippen LogP contribution in [0.2, 0.25) is 0 Å². The number of carbonyl (C=O) groups is 1. The van der Waals surface area contributed by atoms with Gasteiger partial charge in [-0.1, -0.05) is 26.0 Å². The molecule has 2 aromatic carbocycles. The zero-order valence-electron chi connectivity index (χ0n) is 19.9. The second kappa shape index (κ2) is 12.2. The van der Waals surface area contributed by atoms with Crippen LogP contribution >= 0.6 is 11.5 Å². The molecule has 6 nitrogen and oxygen atoms in total. The molecule has 0 aliphatic carbocycles. The molecule has 0 radical (unpaired) electrons. The third-order valence-electron chi connectivity index (χ3n) is 4.66. The Hall–Kier alpha value is -2.93. The molecule has 1 aromatic heterocycles. The monoisotopic (exact) mass is 456 g/mol. The minimum atomic E-state index is -0.666. The first-order valence-corrected chi connectivity index (χ1v) is 11.6. The van der Waals surface area contributed by atoms with Gasteiger partial charge in [-0.25, -0.2) is 9.78 Å². The molecule has 0 aliphatic heterocycles. The van der Waals surface area contributed by atoms with Gasteiger partial charge in [0.25, 0.3) is 0 Å². The Morgan fingerprint density at radius 3 is 2.44 bits per heavy atom. The van der Waals surface area contributed by atoms with Gasteiger partial charge in [0, 0.05) is 5.56 Å². The van der Waals surface area contributed by atoms with Gasteiger partial charge in [0.2, 0.25) is 0 Å².